The van der Waals surface area contributed by atoms with E-state index in [9.17, 15) is 0 Å². The van der Waals surface area contributed by atoms with Gasteiger partial charge in [-0.15, -0.1) is 0 Å². The molecule has 6 nitrogen and oxygen atoms in total. The van der Waals surface area contributed by atoms with Crippen molar-refractivity contribution in [2.45, 2.75) is 12.5 Å². The van der Waals surface area contributed by atoms with Crippen LogP contribution in [0.1, 0.15) is 6.42 Å². The molecule has 3 heterocycles. The molecule has 3 aromatic rings. The van der Waals surface area contributed by atoms with Crippen molar-refractivity contribution in [3.05, 3.63) is 48.8 Å². The van der Waals surface area contributed by atoms with Gasteiger partial charge < -0.3 is 14.2 Å². The molecule has 0 radical (unpaired) electrons. The van der Waals surface area contributed by atoms with E-state index in [4.69, 9.17) is 9.26 Å². The minimum atomic E-state index is 0.193. The van der Waals surface area contributed by atoms with E-state index in [1.165, 1.54) is 0 Å². The van der Waals surface area contributed by atoms with Gasteiger partial charge in [-0.3, -0.25) is 4.98 Å². The first-order valence-electron chi connectivity index (χ1n) is 7.98. The van der Waals surface area contributed by atoms with Crippen LogP contribution in [0.4, 0.5) is 0 Å². The topological polar surface area (TPSA) is 64.3 Å². The van der Waals surface area contributed by atoms with Crippen LogP contribution in [0.2, 0.25) is 0 Å². The summed E-state index contributed by atoms with van der Waals surface area (Å²) in [6.45, 7) is 1.99. The van der Waals surface area contributed by atoms with E-state index < -0.39 is 0 Å². The van der Waals surface area contributed by atoms with E-state index >= 15 is 0 Å². The summed E-state index contributed by atoms with van der Waals surface area (Å²) in [6.07, 6.45) is 4.63. The van der Waals surface area contributed by atoms with Gasteiger partial charge in [-0.1, -0.05) is 17.3 Å². The number of likely N-dealkylation sites (tertiary alicyclic amines) is 1. The summed E-state index contributed by atoms with van der Waals surface area (Å²) >= 11 is 0. The molecule has 24 heavy (non-hydrogen) atoms. The first-order chi connectivity index (χ1) is 11.8. The van der Waals surface area contributed by atoms with Crippen LogP contribution in [-0.2, 0) is 0 Å². The van der Waals surface area contributed by atoms with E-state index in [0.717, 1.165) is 36.4 Å². The second kappa shape index (κ2) is 6.41. The van der Waals surface area contributed by atoms with Crippen LogP contribution in [0, 0.1) is 0 Å². The highest BCUT2D eigenvalue weighted by molar-refractivity contribution is 5.65. The van der Waals surface area contributed by atoms with Crippen LogP contribution in [0.5, 0.6) is 5.75 Å². The second-order valence-corrected chi connectivity index (χ2v) is 5.95. The molecule has 1 atom stereocenters. The molecule has 1 aromatic carbocycles. The number of hydrogen-bond acceptors (Lipinski definition) is 6. The van der Waals surface area contributed by atoms with Crippen molar-refractivity contribution in [2.24, 2.45) is 0 Å². The van der Waals surface area contributed by atoms with Gasteiger partial charge in [0.15, 0.2) is 0 Å². The predicted molar refractivity (Wildman–Crippen MR) is 89.5 cm³/mol. The van der Waals surface area contributed by atoms with Crippen LogP contribution in [-0.4, -0.2) is 46.3 Å². The summed E-state index contributed by atoms with van der Waals surface area (Å²) in [5, 5.41) is 4.07. The molecular weight excluding hydrogens is 304 g/mol. The molecule has 0 amide bonds. The van der Waals surface area contributed by atoms with Crippen LogP contribution >= 0.6 is 0 Å². The van der Waals surface area contributed by atoms with Gasteiger partial charge in [0.05, 0.1) is 5.56 Å². The minimum absolute atomic E-state index is 0.193. The van der Waals surface area contributed by atoms with Gasteiger partial charge >= 0.3 is 0 Å². The molecule has 1 fully saturated rings. The lowest BCUT2D eigenvalue weighted by Gasteiger charge is -2.15. The molecule has 0 saturated carbocycles. The summed E-state index contributed by atoms with van der Waals surface area (Å²) in [4.78, 5) is 10.8. The Morgan fingerprint density at radius 2 is 2.00 bits per heavy atom. The third kappa shape index (κ3) is 3.00. The van der Waals surface area contributed by atoms with Gasteiger partial charge in [0, 0.05) is 31.0 Å². The summed E-state index contributed by atoms with van der Waals surface area (Å²) < 4.78 is 11.6. The van der Waals surface area contributed by atoms with Crippen LogP contribution in [0.3, 0.4) is 0 Å². The summed E-state index contributed by atoms with van der Waals surface area (Å²) in [6, 6.07) is 11.5. The van der Waals surface area contributed by atoms with E-state index in [1.807, 2.05) is 36.4 Å². The summed E-state index contributed by atoms with van der Waals surface area (Å²) in [5.74, 6) is 1.79. The van der Waals surface area contributed by atoms with Gasteiger partial charge in [0.25, 0.3) is 5.89 Å². The van der Waals surface area contributed by atoms with Crippen molar-refractivity contribution in [1.82, 2.24) is 20.0 Å². The average Bonchev–Trinajstić information content (AvgIpc) is 3.26. The molecule has 122 valence electrons. The van der Waals surface area contributed by atoms with Crippen molar-refractivity contribution in [3.63, 3.8) is 0 Å². The SMILES string of the molecule is CN1CCC(Oc2ccccc2-c2nc(-c3ccncc3)no2)C1. The first kappa shape index (κ1) is 14.8. The number of nitrogens with zero attached hydrogens (tertiary/aromatic N) is 4. The number of rotatable bonds is 4. The highest BCUT2D eigenvalue weighted by Gasteiger charge is 2.23. The molecule has 1 aliphatic heterocycles. The molecule has 0 N–H and O–H groups in total. The third-order valence-corrected chi connectivity index (χ3v) is 4.12. The number of benzene rings is 1. The van der Waals surface area contributed by atoms with E-state index in [0.29, 0.717) is 11.7 Å². The Kier molecular flexibility index (Phi) is 3.96. The fourth-order valence-corrected chi connectivity index (χ4v) is 2.87. The molecule has 1 aliphatic rings. The van der Waals surface area contributed by atoms with E-state index in [2.05, 4.69) is 27.1 Å². The lowest BCUT2D eigenvalue weighted by Crippen LogP contribution is -2.21. The fourth-order valence-electron chi connectivity index (χ4n) is 2.87. The number of para-hydroxylation sites is 1. The lowest BCUT2D eigenvalue weighted by molar-refractivity contribution is 0.208. The maximum atomic E-state index is 6.17. The van der Waals surface area contributed by atoms with Crippen LogP contribution in [0.15, 0.2) is 53.3 Å². The molecule has 1 saturated heterocycles. The van der Waals surface area contributed by atoms with Crippen molar-refractivity contribution in [2.75, 3.05) is 20.1 Å². The zero-order valence-electron chi connectivity index (χ0n) is 13.4. The average molecular weight is 322 g/mol. The zero-order chi connectivity index (χ0) is 16.4. The van der Waals surface area contributed by atoms with Gasteiger partial charge in [-0.05, 0) is 37.7 Å². The Morgan fingerprint density at radius 1 is 1.17 bits per heavy atom. The molecule has 2 aromatic heterocycles. The number of ether oxygens (including phenoxy) is 1. The van der Waals surface area contributed by atoms with E-state index in [1.54, 1.807) is 12.4 Å². The molecule has 0 bridgehead atoms. The Bertz CT molecular complexity index is 819. The molecule has 1 unspecified atom stereocenters. The van der Waals surface area contributed by atoms with E-state index in [-0.39, 0.29) is 6.10 Å². The highest BCUT2D eigenvalue weighted by atomic mass is 16.5. The Balaban J connectivity index is 1.62. The van der Waals surface area contributed by atoms with Gasteiger partial charge in [-0.2, -0.15) is 4.98 Å². The van der Waals surface area contributed by atoms with Crippen LogP contribution < -0.4 is 4.74 Å². The molecule has 0 spiro atoms. The largest absolute Gasteiger partial charge is 0.488 e. The summed E-state index contributed by atoms with van der Waals surface area (Å²) in [7, 11) is 2.11. The molecule has 0 aliphatic carbocycles. The standard InChI is InChI=1S/C18H18N4O2/c1-22-11-8-14(12-22)23-16-5-3-2-4-15(16)18-20-17(21-24-18)13-6-9-19-10-7-13/h2-7,9-10,14H,8,11-12H2,1H3. The van der Waals surface area contributed by atoms with Crippen LogP contribution in [0.25, 0.3) is 22.8 Å². The van der Waals surface area contributed by atoms with Gasteiger partial charge in [0.1, 0.15) is 11.9 Å². The first-order valence-corrected chi connectivity index (χ1v) is 7.98. The highest BCUT2D eigenvalue weighted by Crippen LogP contribution is 2.31. The third-order valence-electron chi connectivity index (χ3n) is 4.12. The smallest absolute Gasteiger partial charge is 0.262 e. The monoisotopic (exact) mass is 322 g/mol. The second-order valence-electron chi connectivity index (χ2n) is 5.95. The number of hydrogen-bond donors (Lipinski definition) is 0. The lowest BCUT2D eigenvalue weighted by atomic mass is 10.2. The quantitative estimate of drug-likeness (QED) is 0.736. The van der Waals surface area contributed by atoms with Crippen molar-refractivity contribution in [1.29, 1.82) is 0 Å². The van der Waals surface area contributed by atoms with Crippen molar-refractivity contribution < 1.29 is 9.26 Å². The normalized spacial score (nSPS) is 18.0. The predicted octanol–water partition coefficient (Wildman–Crippen LogP) is 2.88. The summed E-state index contributed by atoms with van der Waals surface area (Å²) in [5.41, 5.74) is 1.69. The number of aromatic nitrogens is 3. The number of pyridine rings is 1. The number of likely N-dealkylation sites (N-methyl/N-ethyl adjacent to an activating group) is 1. The van der Waals surface area contributed by atoms with Gasteiger partial charge in [0.2, 0.25) is 5.82 Å². The maximum absolute atomic E-state index is 6.17. The molecular formula is C18H18N4O2. The maximum Gasteiger partial charge on any atom is 0.262 e. The molecule has 4 rings (SSSR count). The fraction of sp³-hybridized carbons (Fsp3) is 0.278. The molecule has 6 heteroatoms. The Morgan fingerprint density at radius 3 is 2.79 bits per heavy atom. The van der Waals surface area contributed by atoms with Gasteiger partial charge in [-0.25, -0.2) is 0 Å². The zero-order valence-corrected chi connectivity index (χ0v) is 13.4. The Hall–Kier alpha value is -2.73. The Labute approximate surface area is 140 Å². The minimum Gasteiger partial charge on any atom is -0.488 e. The van der Waals surface area contributed by atoms with Crippen molar-refractivity contribution in [3.8, 4) is 28.6 Å². The van der Waals surface area contributed by atoms with Crippen molar-refractivity contribution >= 4 is 0 Å².